The summed E-state index contributed by atoms with van der Waals surface area (Å²) < 4.78 is 39.5. The van der Waals surface area contributed by atoms with Gasteiger partial charge in [-0.1, -0.05) is 12.8 Å². The number of sulfonamides is 1. The van der Waals surface area contributed by atoms with Gasteiger partial charge in [0.1, 0.15) is 0 Å². The summed E-state index contributed by atoms with van der Waals surface area (Å²) in [7, 11) is -2.35. The average Bonchev–Trinajstić information content (AvgIpc) is 2.90. The largest absolute Gasteiger partial charge is 0.304 e. The lowest BCUT2D eigenvalue weighted by Crippen LogP contribution is -2.35. The van der Waals surface area contributed by atoms with Crippen molar-refractivity contribution in [2.75, 3.05) is 7.05 Å². The molecule has 20 heavy (non-hydrogen) atoms. The Bertz CT molecular complexity index is 626. The molecule has 0 aromatic heterocycles. The van der Waals surface area contributed by atoms with Crippen LogP contribution in [0.2, 0.25) is 0 Å². The Kier molecular flexibility index (Phi) is 4.05. The lowest BCUT2D eigenvalue weighted by molar-refractivity contribution is -0.387. The Morgan fingerprint density at radius 1 is 1.35 bits per heavy atom. The van der Waals surface area contributed by atoms with Crippen molar-refractivity contribution in [3.8, 4) is 0 Å². The summed E-state index contributed by atoms with van der Waals surface area (Å²) in [6.45, 7) is 0. The fraction of sp³-hybridized carbons (Fsp3) is 0.500. The van der Waals surface area contributed by atoms with Gasteiger partial charge in [-0.05, 0) is 18.9 Å². The molecule has 0 atom stereocenters. The summed E-state index contributed by atoms with van der Waals surface area (Å²) in [5.74, 6) is -1.14. The highest BCUT2D eigenvalue weighted by molar-refractivity contribution is 7.89. The number of nitrogens with zero attached hydrogens (tertiary/aromatic N) is 2. The SMILES string of the molecule is CN(C1CCCC1)S(=O)(=O)c1ccc([N+](=O)[O-])c(F)c1. The Balaban J connectivity index is 2.34. The number of hydrogen-bond donors (Lipinski definition) is 0. The number of nitro groups is 1. The molecule has 0 unspecified atom stereocenters. The van der Waals surface area contributed by atoms with Crippen LogP contribution in [0.4, 0.5) is 10.1 Å². The zero-order valence-electron chi connectivity index (χ0n) is 11.0. The number of benzene rings is 1. The van der Waals surface area contributed by atoms with E-state index in [1.807, 2.05) is 0 Å². The van der Waals surface area contributed by atoms with Crippen LogP contribution in [-0.4, -0.2) is 30.7 Å². The van der Waals surface area contributed by atoms with Gasteiger partial charge in [0.05, 0.1) is 9.82 Å². The second kappa shape index (κ2) is 5.45. The fourth-order valence-electron chi connectivity index (χ4n) is 2.43. The van der Waals surface area contributed by atoms with Crippen molar-refractivity contribution in [3.05, 3.63) is 34.1 Å². The highest BCUT2D eigenvalue weighted by Crippen LogP contribution is 2.28. The number of nitro benzene ring substituents is 1. The Labute approximate surface area is 116 Å². The maximum Gasteiger partial charge on any atom is 0.304 e. The summed E-state index contributed by atoms with van der Waals surface area (Å²) in [5.41, 5.74) is -0.729. The zero-order chi connectivity index (χ0) is 14.9. The molecule has 0 amide bonds. The van der Waals surface area contributed by atoms with Crippen molar-refractivity contribution in [1.82, 2.24) is 4.31 Å². The van der Waals surface area contributed by atoms with E-state index in [-0.39, 0.29) is 10.9 Å². The predicted octanol–water partition coefficient (Wildman–Crippen LogP) is 2.30. The van der Waals surface area contributed by atoms with Crippen molar-refractivity contribution in [2.45, 2.75) is 36.6 Å². The van der Waals surface area contributed by atoms with Crippen LogP contribution in [0.15, 0.2) is 23.1 Å². The van der Waals surface area contributed by atoms with Gasteiger partial charge in [0.15, 0.2) is 0 Å². The second-order valence-electron chi connectivity index (χ2n) is 4.83. The third kappa shape index (κ3) is 2.66. The molecule has 6 nitrogen and oxygen atoms in total. The van der Waals surface area contributed by atoms with Crippen molar-refractivity contribution in [3.63, 3.8) is 0 Å². The Hall–Kier alpha value is -1.54. The lowest BCUT2D eigenvalue weighted by Gasteiger charge is -2.23. The van der Waals surface area contributed by atoms with Gasteiger partial charge >= 0.3 is 5.69 Å². The van der Waals surface area contributed by atoms with Crippen LogP contribution < -0.4 is 0 Å². The van der Waals surface area contributed by atoms with E-state index in [1.54, 1.807) is 0 Å². The molecule has 1 aromatic carbocycles. The first-order valence-corrected chi connectivity index (χ1v) is 7.70. The van der Waals surface area contributed by atoms with Crippen molar-refractivity contribution in [1.29, 1.82) is 0 Å². The van der Waals surface area contributed by atoms with Gasteiger partial charge in [0.2, 0.25) is 15.8 Å². The van der Waals surface area contributed by atoms with E-state index in [0.717, 1.165) is 37.8 Å². The maximum atomic E-state index is 13.5. The second-order valence-corrected chi connectivity index (χ2v) is 6.83. The summed E-state index contributed by atoms with van der Waals surface area (Å²) in [4.78, 5) is 9.39. The van der Waals surface area contributed by atoms with Crippen molar-refractivity contribution in [2.24, 2.45) is 0 Å². The van der Waals surface area contributed by atoms with Crippen LogP contribution in [0.3, 0.4) is 0 Å². The molecule has 0 aliphatic heterocycles. The number of halogens is 1. The molecular weight excluding hydrogens is 287 g/mol. The highest BCUT2D eigenvalue weighted by atomic mass is 32.2. The standard InChI is InChI=1S/C12H15FN2O4S/c1-14(9-4-2-3-5-9)20(18,19)10-6-7-12(15(16)17)11(13)8-10/h6-9H,2-5H2,1H3. The van der Waals surface area contributed by atoms with E-state index in [4.69, 9.17) is 0 Å². The minimum Gasteiger partial charge on any atom is -0.258 e. The van der Waals surface area contributed by atoms with Gasteiger partial charge in [-0.3, -0.25) is 10.1 Å². The summed E-state index contributed by atoms with van der Waals surface area (Å²) in [5, 5.41) is 10.5. The van der Waals surface area contributed by atoms with Crippen LogP contribution in [0.25, 0.3) is 0 Å². The first-order chi connectivity index (χ1) is 9.34. The number of rotatable bonds is 4. The first-order valence-electron chi connectivity index (χ1n) is 6.26. The van der Waals surface area contributed by atoms with Crippen molar-refractivity contribution >= 4 is 15.7 Å². The average molecular weight is 302 g/mol. The van der Waals surface area contributed by atoms with E-state index in [1.165, 1.54) is 11.4 Å². The minimum atomic E-state index is -3.82. The molecule has 1 saturated carbocycles. The Morgan fingerprint density at radius 2 is 1.95 bits per heavy atom. The van der Waals surface area contributed by atoms with Gasteiger partial charge in [-0.2, -0.15) is 8.70 Å². The topological polar surface area (TPSA) is 80.5 Å². The third-order valence-corrected chi connectivity index (χ3v) is 5.54. The number of hydrogen-bond acceptors (Lipinski definition) is 4. The first kappa shape index (κ1) is 14.9. The van der Waals surface area contributed by atoms with E-state index in [0.29, 0.717) is 6.07 Å². The summed E-state index contributed by atoms with van der Waals surface area (Å²) in [6, 6.07) is 2.57. The molecule has 0 spiro atoms. The molecule has 0 N–H and O–H groups in total. The van der Waals surface area contributed by atoms with E-state index < -0.39 is 26.5 Å². The molecule has 0 saturated heterocycles. The van der Waals surface area contributed by atoms with Crippen LogP contribution in [0, 0.1) is 15.9 Å². The van der Waals surface area contributed by atoms with Gasteiger partial charge < -0.3 is 0 Å². The van der Waals surface area contributed by atoms with Gasteiger partial charge in [-0.15, -0.1) is 0 Å². The molecule has 110 valence electrons. The molecule has 1 aromatic rings. The minimum absolute atomic E-state index is 0.0850. The molecule has 1 aliphatic carbocycles. The monoisotopic (exact) mass is 302 g/mol. The Morgan fingerprint density at radius 3 is 2.45 bits per heavy atom. The highest BCUT2D eigenvalue weighted by Gasteiger charge is 2.31. The molecule has 1 fully saturated rings. The summed E-state index contributed by atoms with van der Waals surface area (Å²) in [6.07, 6.45) is 3.51. The molecule has 1 aliphatic rings. The lowest BCUT2D eigenvalue weighted by atomic mass is 10.3. The van der Waals surface area contributed by atoms with Crippen LogP contribution >= 0.6 is 0 Å². The predicted molar refractivity (Wildman–Crippen MR) is 70.3 cm³/mol. The van der Waals surface area contributed by atoms with Gasteiger partial charge in [-0.25, -0.2) is 8.42 Å². The van der Waals surface area contributed by atoms with Crippen LogP contribution in [0.1, 0.15) is 25.7 Å². The zero-order valence-corrected chi connectivity index (χ0v) is 11.8. The third-order valence-electron chi connectivity index (χ3n) is 3.63. The molecule has 8 heteroatoms. The molecule has 2 rings (SSSR count). The molecule has 0 heterocycles. The normalized spacial score (nSPS) is 16.8. The van der Waals surface area contributed by atoms with Gasteiger partial charge in [0.25, 0.3) is 0 Å². The summed E-state index contributed by atoms with van der Waals surface area (Å²) >= 11 is 0. The van der Waals surface area contributed by atoms with Crippen LogP contribution in [0.5, 0.6) is 0 Å². The molecule has 0 radical (unpaired) electrons. The molecular formula is C12H15FN2O4S. The maximum absolute atomic E-state index is 13.5. The molecule has 0 bridgehead atoms. The van der Waals surface area contributed by atoms with Crippen molar-refractivity contribution < 1.29 is 17.7 Å². The van der Waals surface area contributed by atoms with E-state index in [2.05, 4.69) is 0 Å². The van der Waals surface area contributed by atoms with Crippen LogP contribution in [-0.2, 0) is 10.0 Å². The van der Waals surface area contributed by atoms with E-state index in [9.17, 15) is 22.9 Å². The van der Waals surface area contributed by atoms with Gasteiger partial charge in [0, 0.05) is 25.2 Å². The quantitative estimate of drug-likeness (QED) is 0.631. The smallest absolute Gasteiger partial charge is 0.258 e. The fourth-order valence-corrected chi connectivity index (χ4v) is 3.85. The van der Waals surface area contributed by atoms with E-state index >= 15 is 0 Å².